The maximum absolute atomic E-state index is 9.30. The van der Waals surface area contributed by atoms with Crippen molar-refractivity contribution >= 4 is 22.6 Å². The number of para-hydroxylation sites is 1. The molecule has 1 fully saturated rings. The second-order valence-electron chi connectivity index (χ2n) is 6.07. The van der Waals surface area contributed by atoms with Gasteiger partial charge in [0.25, 0.3) is 0 Å². The molecule has 4 heteroatoms. The molecule has 0 aliphatic heterocycles. The quantitative estimate of drug-likeness (QED) is 0.736. The van der Waals surface area contributed by atoms with Crippen molar-refractivity contribution in [3.05, 3.63) is 29.6 Å². The molecule has 3 nitrogen and oxygen atoms in total. The molecule has 1 aromatic heterocycles. The first-order valence-corrected chi connectivity index (χ1v) is 8.12. The van der Waals surface area contributed by atoms with Crippen molar-refractivity contribution in [3.63, 3.8) is 0 Å². The smallest absolute Gasteiger partial charge is 0.128 e. The number of aromatic nitrogens is 2. The fourth-order valence-corrected chi connectivity index (χ4v) is 3.69. The zero-order chi connectivity index (χ0) is 15.0. The molecule has 0 bridgehead atoms. The summed E-state index contributed by atoms with van der Waals surface area (Å²) in [5.41, 5.74) is 2.48. The normalized spacial score (nSPS) is 23.9. The van der Waals surface area contributed by atoms with E-state index in [1.165, 1.54) is 25.7 Å². The van der Waals surface area contributed by atoms with Gasteiger partial charge in [-0.25, -0.2) is 4.98 Å². The zero-order valence-electron chi connectivity index (χ0n) is 12.5. The van der Waals surface area contributed by atoms with Gasteiger partial charge in [0, 0.05) is 6.04 Å². The van der Waals surface area contributed by atoms with E-state index in [-0.39, 0.29) is 5.38 Å². The van der Waals surface area contributed by atoms with Gasteiger partial charge < -0.3 is 4.57 Å². The van der Waals surface area contributed by atoms with Gasteiger partial charge in [-0.2, -0.15) is 5.26 Å². The van der Waals surface area contributed by atoms with E-state index in [0.717, 1.165) is 16.9 Å². The molecule has 3 atom stereocenters. The minimum Gasteiger partial charge on any atom is -0.323 e. The fraction of sp³-hybridized carbons (Fsp3) is 0.529. The number of benzene rings is 1. The summed E-state index contributed by atoms with van der Waals surface area (Å²) < 4.78 is 2.30. The van der Waals surface area contributed by atoms with Crippen LogP contribution < -0.4 is 0 Å². The Morgan fingerprint density at radius 1 is 1.38 bits per heavy atom. The molecule has 0 spiro atoms. The average molecular weight is 302 g/mol. The molecule has 0 radical (unpaired) electrons. The summed E-state index contributed by atoms with van der Waals surface area (Å²) in [7, 11) is 0. The van der Waals surface area contributed by atoms with E-state index < -0.39 is 0 Å². The fourth-order valence-electron chi connectivity index (χ4n) is 3.53. The first-order valence-electron chi connectivity index (χ1n) is 7.68. The summed E-state index contributed by atoms with van der Waals surface area (Å²) in [6.07, 6.45) is 4.97. The summed E-state index contributed by atoms with van der Waals surface area (Å²) in [5.74, 6) is 1.52. The van der Waals surface area contributed by atoms with Crippen LogP contribution in [0.4, 0.5) is 0 Å². The Balaban J connectivity index is 2.24. The van der Waals surface area contributed by atoms with Crippen LogP contribution in [0.2, 0.25) is 0 Å². The van der Waals surface area contributed by atoms with Crippen molar-refractivity contribution in [2.75, 3.05) is 0 Å². The Morgan fingerprint density at radius 3 is 2.81 bits per heavy atom. The van der Waals surface area contributed by atoms with Crippen LogP contribution in [0, 0.1) is 17.2 Å². The molecule has 110 valence electrons. The number of fused-ring (bicyclic) bond motifs is 1. The van der Waals surface area contributed by atoms with Crippen molar-refractivity contribution < 1.29 is 0 Å². The highest BCUT2D eigenvalue weighted by atomic mass is 35.5. The van der Waals surface area contributed by atoms with Crippen molar-refractivity contribution in [1.29, 1.82) is 5.26 Å². The van der Waals surface area contributed by atoms with Crippen LogP contribution in [0.3, 0.4) is 0 Å². The third-order valence-corrected chi connectivity index (χ3v) is 4.82. The van der Waals surface area contributed by atoms with Crippen LogP contribution in [0.1, 0.15) is 62.3 Å². The van der Waals surface area contributed by atoms with E-state index in [4.69, 9.17) is 16.6 Å². The summed E-state index contributed by atoms with van der Waals surface area (Å²) >= 11 is 6.38. The topological polar surface area (TPSA) is 41.6 Å². The van der Waals surface area contributed by atoms with Gasteiger partial charge in [-0.05, 0) is 37.8 Å². The number of nitrogens with zero attached hydrogens (tertiary/aromatic N) is 3. The van der Waals surface area contributed by atoms with Crippen LogP contribution >= 0.6 is 11.6 Å². The molecule has 1 aliphatic carbocycles. The summed E-state index contributed by atoms with van der Waals surface area (Å²) in [5, 5.41) is 9.15. The van der Waals surface area contributed by atoms with Gasteiger partial charge in [-0.15, -0.1) is 11.6 Å². The highest BCUT2D eigenvalue weighted by Crippen LogP contribution is 2.39. The third kappa shape index (κ3) is 2.42. The predicted molar refractivity (Wildman–Crippen MR) is 85.4 cm³/mol. The van der Waals surface area contributed by atoms with Crippen molar-refractivity contribution in [1.82, 2.24) is 9.55 Å². The molecular weight excluding hydrogens is 282 g/mol. The maximum atomic E-state index is 9.30. The summed E-state index contributed by atoms with van der Waals surface area (Å²) in [4.78, 5) is 4.70. The standard InChI is InChI=1S/C17H20ClN3/c1-11-6-3-4-8-14(11)21-15-9-5-7-13(10-19)16(15)20-17(21)12(2)18/h5,7,9,11-12,14H,3-4,6,8H2,1-2H3. The molecule has 1 heterocycles. The van der Waals surface area contributed by atoms with Gasteiger partial charge in [-0.1, -0.05) is 25.8 Å². The Labute approximate surface area is 130 Å². The molecule has 1 aromatic carbocycles. The van der Waals surface area contributed by atoms with Gasteiger partial charge in [0.05, 0.1) is 16.5 Å². The van der Waals surface area contributed by atoms with Gasteiger partial charge >= 0.3 is 0 Å². The van der Waals surface area contributed by atoms with Gasteiger partial charge in [0.1, 0.15) is 17.4 Å². The molecule has 0 N–H and O–H groups in total. The first kappa shape index (κ1) is 14.4. The Morgan fingerprint density at radius 2 is 2.14 bits per heavy atom. The third-order valence-electron chi connectivity index (χ3n) is 4.62. The van der Waals surface area contributed by atoms with E-state index >= 15 is 0 Å². The molecular formula is C17H20ClN3. The summed E-state index contributed by atoms with van der Waals surface area (Å²) in [6, 6.07) is 8.51. The Kier molecular flexibility index (Phi) is 3.91. The van der Waals surface area contributed by atoms with Gasteiger partial charge in [0.15, 0.2) is 0 Å². The molecule has 0 saturated heterocycles. The minimum absolute atomic E-state index is 0.155. The zero-order valence-corrected chi connectivity index (χ0v) is 13.3. The number of rotatable bonds is 2. The van der Waals surface area contributed by atoms with Crippen LogP contribution in [0.25, 0.3) is 11.0 Å². The van der Waals surface area contributed by atoms with Crippen molar-refractivity contribution in [2.24, 2.45) is 5.92 Å². The van der Waals surface area contributed by atoms with Crippen LogP contribution in [0.5, 0.6) is 0 Å². The average Bonchev–Trinajstić information content (AvgIpc) is 2.87. The maximum Gasteiger partial charge on any atom is 0.128 e. The SMILES string of the molecule is CC(Cl)c1nc2c(C#N)cccc2n1C1CCCCC1C. The highest BCUT2D eigenvalue weighted by molar-refractivity contribution is 6.20. The van der Waals surface area contributed by atoms with Crippen molar-refractivity contribution in [2.45, 2.75) is 50.9 Å². The van der Waals surface area contributed by atoms with Crippen LogP contribution in [-0.2, 0) is 0 Å². The molecule has 0 amide bonds. The van der Waals surface area contributed by atoms with Crippen LogP contribution in [0.15, 0.2) is 18.2 Å². The highest BCUT2D eigenvalue weighted by Gasteiger charge is 2.28. The predicted octanol–water partition coefficient (Wildman–Crippen LogP) is 4.96. The van der Waals surface area contributed by atoms with Crippen molar-refractivity contribution in [3.8, 4) is 6.07 Å². The lowest BCUT2D eigenvalue weighted by molar-refractivity contribution is 0.257. The van der Waals surface area contributed by atoms with Gasteiger partial charge in [-0.3, -0.25) is 0 Å². The van der Waals surface area contributed by atoms with Crippen LogP contribution in [-0.4, -0.2) is 9.55 Å². The van der Waals surface area contributed by atoms with E-state index in [1.54, 1.807) is 0 Å². The number of imidazole rings is 1. The largest absolute Gasteiger partial charge is 0.323 e. The van der Waals surface area contributed by atoms with Gasteiger partial charge in [0.2, 0.25) is 0 Å². The first-order chi connectivity index (χ1) is 10.1. The minimum atomic E-state index is -0.155. The Hall–Kier alpha value is -1.53. The molecule has 2 aromatic rings. The van der Waals surface area contributed by atoms with E-state index in [0.29, 0.717) is 17.5 Å². The number of alkyl halides is 1. The molecule has 1 aliphatic rings. The second kappa shape index (κ2) is 5.69. The lowest BCUT2D eigenvalue weighted by Crippen LogP contribution is -2.23. The number of nitriles is 1. The number of halogens is 1. The summed E-state index contributed by atoms with van der Waals surface area (Å²) in [6.45, 7) is 4.27. The Bertz CT molecular complexity index is 696. The lowest BCUT2D eigenvalue weighted by atomic mass is 9.85. The molecule has 3 unspecified atom stereocenters. The second-order valence-corrected chi connectivity index (χ2v) is 6.72. The monoisotopic (exact) mass is 301 g/mol. The molecule has 3 rings (SSSR count). The number of hydrogen-bond acceptors (Lipinski definition) is 2. The molecule has 21 heavy (non-hydrogen) atoms. The number of hydrogen-bond donors (Lipinski definition) is 0. The van der Waals surface area contributed by atoms with E-state index in [2.05, 4.69) is 23.6 Å². The van der Waals surface area contributed by atoms with E-state index in [9.17, 15) is 5.26 Å². The van der Waals surface area contributed by atoms with E-state index in [1.807, 2.05) is 19.1 Å². The molecule has 1 saturated carbocycles. The lowest BCUT2D eigenvalue weighted by Gasteiger charge is -2.32.